The van der Waals surface area contributed by atoms with Crippen molar-refractivity contribution in [1.82, 2.24) is 5.32 Å². The van der Waals surface area contributed by atoms with Gasteiger partial charge in [-0.3, -0.25) is 0 Å². The van der Waals surface area contributed by atoms with Gasteiger partial charge in [-0.1, -0.05) is 24.3 Å². The topological polar surface area (TPSA) is 12.0 Å². The van der Waals surface area contributed by atoms with Crippen LogP contribution in [0.2, 0.25) is 0 Å². The first kappa shape index (κ1) is 13.5. The van der Waals surface area contributed by atoms with Crippen LogP contribution in [-0.2, 0) is 18.3 Å². The van der Waals surface area contributed by atoms with E-state index in [4.69, 9.17) is 0 Å². The molecule has 0 saturated heterocycles. The van der Waals surface area contributed by atoms with Crippen molar-refractivity contribution in [2.24, 2.45) is 0 Å². The number of thiophene rings is 1. The minimum atomic E-state index is 0.304. The molecule has 2 aromatic rings. The Labute approximate surface area is 131 Å². The van der Waals surface area contributed by atoms with Crippen LogP contribution in [0.25, 0.3) is 0 Å². The molecular weight excluding hydrogens is 274 g/mol. The van der Waals surface area contributed by atoms with Gasteiger partial charge in [0.15, 0.2) is 0 Å². The van der Waals surface area contributed by atoms with E-state index in [2.05, 4.69) is 46.4 Å². The molecule has 1 unspecified atom stereocenters. The molecule has 1 saturated carbocycles. The van der Waals surface area contributed by atoms with Crippen molar-refractivity contribution in [3.63, 3.8) is 0 Å². The van der Waals surface area contributed by atoms with E-state index in [-0.39, 0.29) is 0 Å². The molecule has 1 atom stereocenters. The van der Waals surface area contributed by atoms with E-state index in [0.717, 1.165) is 12.6 Å². The SMILES string of the molecule is c1ccc2c(c1)CCCC2(CNC1CC1)Cc1ccsc1. The second-order valence-corrected chi connectivity index (χ2v) is 7.53. The first-order valence-corrected chi connectivity index (χ1v) is 9.13. The maximum absolute atomic E-state index is 3.82. The molecule has 4 rings (SSSR count). The lowest BCUT2D eigenvalue weighted by Gasteiger charge is -2.40. The number of benzene rings is 1. The summed E-state index contributed by atoms with van der Waals surface area (Å²) in [4.78, 5) is 0. The summed E-state index contributed by atoms with van der Waals surface area (Å²) < 4.78 is 0. The zero-order valence-electron chi connectivity index (χ0n) is 12.5. The van der Waals surface area contributed by atoms with Gasteiger partial charge in [0.2, 0.25) is 0 Å². The Hall–Kier alpha value is -1.12. The van der Waals surface area contributed by atoms with Gasteiger partial charge >= 0.3 is 0 Å². The van der Waals surface area contributed by atoms with Gasteiger partial charge in [0.25, 0.3) is 0 Å². The van der Waals surface area contributed by atoms with Crippen LogP contribution in [0.4, 0.5) is 0 Å². The van der Waals surface area contributed by atoms with Crippen LogP contribution in [0.5, 0.6) is 0 Å². The maximum atomic E-state index is 3.82. The van der Waals surface area contributed by atoms with Crippen LogP contribution < -0.4 is 5.32 Å². The van der Waals surface area contributed by atoms with Gasteiger partial charge in [-0.2, -0.15) is 11.3 Å². The van der Waals surface area contributed by atoms with Crippen LogP contribution in [0.15, 0.2) is 41.1 Å². The van der Waals surface area contributed by atoms with Crippen LogP contribution in [0, 0.1) is 0 Å². The molecule has 1 nitrogen and oxygen atoms in total. The molecule has 0 spiro atoms. The van der Waals surface area contributed by atoms with Crippen molar-refractivity contribution in [1.29, 1.82) is 0 Å². The first-order chi connectivity index (χ1) is 10.4. The van der Waals surface area contributed by atoms with Crippen molar-refractivity contribution >= 4 is 11.3 Å². The minimum absolute atomic E-state index is 0.304. The van der Waals surface area contributed by atoms with Gasteiger partial charge in [0, 0.05) is 18.0 Å². The fourth-order valence-electron chi connectivity index (χ4n) is 3.85. The number of fused-ring (bicyclic) bond motifs is 1. The van der Waals surface area contributed by atoms with Gasteiger partial charge in [-0.15, -0.1) is 0 Å². The molecule has 1 fully saturated rings. The molecule has 1 N–H and O–H groups in total. The molecule has 1 heterocycles. The minimum Gasteiger partial charge on any atom is -0.313 e. The van der Waals surface area contributed by atoms with Crippen molar-refractivity contribution in [2.45, 2.75) is 50.0 Å². The number of aryl methyl sites for hydroxylation is 1. The van der Waals surface area contributed by atoms with E-state index in [1.807, 2.05) is 11.3 Å². The molecule has 0 radical (unpaired) electrons. The molecule has 1 aromatic heterocycles. The Bertz CT molecular complexity index is 600. The Morgan fingerprint density at radius 1 is 1.19 bits per heavy atom. The Morgan fingerprint density at radius 3 is 2.90 bits per heavy atom. The fourth-order valence-corrected chi connectivity index (χ4v) is 4.52. The molecule has 0 aliphatic heterocycles. The van der Waals surface area contributed by atoms with Crippen LogP contribution >= 0.6 is 11.3 Å². The molecular formula is C19H23NS. The lowest BCUT2D eigenvalue weighted by atomic mass is 9.67. The molecule has 0 bridgehead atoms. The predicted molar refractivity (Wildman–Crippen MR) is 90.1 cm³/mol. The predicted octanol–water partition coefficient (Wildman–Crippen LogP) is 4.32. The summed E-state index contributed by atoms with van der Waals surface area (Å²) in [6, 6.07) is 12.3. The third-order valence-electron chi connectivity index (χ3n) is 5.12. The van der Waals surface area contributed by atoms with E-state index >= 15 is 0 Å². The summed E-state index contributed by atoms with van der Waals surface area (Å²) in [7, 11) is 0. The molecule has 2 heteroatoms. The van der Waals surface area contributed by atoms with Crippen molar-refractivity contribution in [2.75, 3.05) is 6.54 Å². The Kier molecular flexibility index (Phi) is 3.60. The molecule has 2 aliphatic carbocycles. The Morgan fingerprint density at radius 2 is 2.10 bits per heavy atom. The Balaban J connectivity index is 1.68. The summed E-state index contributed by atoms with van der Waals surface area (Å²) in [6.07, 6.45) is 7.83. The standard InChI is InChI=1S/C19H23NS/c1-2-6-18-16(4-1)5-3-10-19(18,14-20-17-7-8-17)12-15-9-11-21-13-15/h1-2,4,6,9,11,13,17,20H,3,5,7-8,10,12,14H2. The highest BCUT2D eigenvalue weighted by atomic mass is 32.1. The summed E-state index contributed by atoms with van der Waals surface area (Å²) in [5, 5.41) is 8.37. The number of nitrogens with one attached hydrogen (secondary N) is 1. The third kappa shape index (κ3) is 2.79. The number of rotatable bonds is 5. The van der Waals surface area contributed by atoms with E-state index in [1.165, 1.54) is 44.1 Å². The van der Waals surface area contributed by atoms with Gasteiger partial charge in [0.05, 0.1) is 0 Å². The third-order valence-corrected chi connectivity index (χ3v) is 5.85. The fraction of sp³-hybridized carbons (Fsp3) is 0.474. The van der Waals surface area contributed by atoms with Gasteiger partial charge in [0.1, 0.15) is 0 Å². The van der Waals surface area contributed by atoms with Crippen molar-refractivity contribution in [3.05, 3.63) is 57.8 Å². The maximum Gasteiger partial charge on any atom is 0.0121 e. The normalized spacial score (nSPS) is 24.8. The highest BCUT2D eigenvalue weighted by molar-refractivity contribution is 7.07. The average Bonchev–Trinajstić information content (AvgIpc) is 3.22. The zero-order valence-corrected chi connectivity index (χ0v) is 13.3. The average molecular weight is 297 g/mol. The van der Waals surface area contributed by atoms with Gasteiger partial charge in [-0.05, 0) is 72.0 Å². The highest BCUT2D eigenvalue weighted by Gasteiger charge is 2.37. The lowest BCUT2D eigenvalue weighted by Crippen LogP contribution is -2.43. The number of hydrogen-bond donors (Lipinski definition) is 1. The van der Waals surface area contributed by atoms with E-state index < -0.39 is 0 Å². The second-order valence-electron chi connectivity index (χ2n) is 6.75. The summed E-state index contributed by atoms with van der Waals surface area (Å²) in [5.41, 5.74) is 5.00. The van der Waals surface area contributed by atoms with Crippen molar-refractivity contribution < 1.29 is 0 Å². The highest BCUT2D eigenvalue weighted by Crippen LogP contribution is 2.40. The molecule has 21 heavy (non-hydrogen) atoms. The van der Waals surface area contributed by atoms with E-state index in [9.17, 15) is 0 Å². The smallest absolute Gasteiger partial charge is 0.0121 e. The van der Waals surface area contributed by atoms with Gasteiger partial charge < -0.3 is 5.32 Å². The van der Waals surface area contributed by atoms with E-state index in [0.29, 0.717) is 5.41 Å². The monoisotopic (exact) mass is 297 g/mol. The van der Waals surface area contributed by atoms with Crippen molar-refractivity contribution in [3.8, 4) is 0 Å². The van der Waals surface area contributed by atoms with Gasteiger partial charge in [-0.25, -0.2) is 0 Å². The number of hydrogen-bond acceptors (Lipinski definition) is 2. The summed E-state index contributed by atoms with van der Waals surface area (Å²) >= 11 is 1.82. The molecule has 110 valence electrons. The van der Waals surface area contributed by atoms with E-state index in [1.54, 1.807) is 11.1 Å². The summed E-state index contributed by atoms with van der Waals surface area (Å²) in [5.74, 6) is 0. The molecule has 2 aliphatic rings. The molecule has 0 amide bonds. The van der Waals surface area contributed by atoms with Crippen LogP contribution in [-0.4, -0.2) is 12.6 Å². The largest absolute Gasteiger partial charge is 0.313 e. The second kappa shape index (κ2) is 5.58. The summed E-state index contributed by atoms with van der Waals surface area (Å²) in [6.45, 7) is 1.14. The first-order valence-electron chi connectivity index (χ1n) is 8.19. The lowest BCUT2D eigenvalue weighted by molar-refractivity contribution is 0.335. The molecule has 1 aromatic carbocycles. The van der Waals surface area contributed by atoms with Crippen LogP contribution in [0.1, 0.15) is 42.4 Å². The zero-order chi connectivity index (χ0) is 14.1. The van der Waals surface area contributed by atoms with Crippen LogP contribution in [0.3, 0.4) is 0 Å². The quantitative estimate of drug-likeness (QED) is 0.867.